The van der Waals surface area contributed by atoms with Gasteiger partial charge >= 0.3 is 25.7 Å². The molecule has 440 valence electrons. The number of allylic oxidation sites excluding steroid dienone is 12. The molecule has 0 fully saturated rings. The van der Waals surface area contributed by atoms with E-state index in [0.717, 1.165) is 77.0 Å². The van der Waals surface area contributed by atoms with Crippen LogP contribution in [0.3, 0.4) is 0 Å². The first-order valence-electron chi connectivity index (χ1n) is 30.8. The number of aliphatic hydroxyl groups excluding tert-OH is 1. The number of esters is 3. The van der Waals surface area contributed by atoms with Gasteiger partial charge in [-0.05, 0) is 57.8 Å². The highest BCUT2D eigenvalue weighted by Gasteiger charge is 2.28. The third-order valence-corrected chi connectivity index (χ3v) is 14.1. The second-order valence-corrected chi connectivity index (χ2v) is 22.0. The predicted octanol–water partition coefficient (Wildman–Crippen LogP) is 18.5. The molecule has 3 atom stereocenters. The number of aliphatic hydroxyl groups is 1. The number of ether oxygens (including phenoxy) is 3. The molecular formula is C64H113O11P. The summed E-state index contributed by atoms with van der Waals surface area (Å²) < 4.78 is 39.5. The molecule has 0 amide bonds. The Morgan fingerprint density at radius 3 is 1.05 bits per heavy atom. The SMILES string of the molecule is CC/C=C\C/C=C\C/C=C\C/C=C\C/C=C\C/C=C\CCC(=O)OC(COC(=O)CCCCCCCCCCCCCCCCCCCCC)COP(=O)(O)OCC(CO)OC(=O)CCCCCCCCCCCCC. The highest BCUT2D eigenvalue weighted by atomic mass is 31.2. The van der Waals surface area contributed by atoms with Crippen molar-refractivity contribution in [3.05, 3.63) is 72.9 Å². The van der Waals surface area contributed by atoms with Gasteiger partial charge < -0.3 is 24.2 Å². The Kier molecular flexibility index (Phi) is 55.7. The van der Waals surface area contributed by atoms with Gasteiger partial charge in [0.25, 0.3) is 0 Å². The Morgan fingerprint density at radius 2 is 0.684 bits per heavy atom. The molecule has 0 aliphatic rings. The fourth-order valence-electron chi connectivity index (χ4n) is 8.50. The van der Waals surface area contributed by atoms with Gasteiger partial charge in [-0.2, -0.15) is 0 Å². The lowest BCUT2D eigenvalue weighted by molar-refractivity contribution is -0.161. The Hall–Kier alpha value is -3.08. The fourth-order valence-corrected chi connectivity index (χ4v) is 9.29. The molecule has 0 saturated carbocycles. The molecule has 12 heteroatoms. The molecule has 0 radical (unpaired) electrons. The van der Waals surface area contributed by atoms with Crippen LogP contribution in [0.25, 0.3) is 0 Å². The van der Waals surface area contributed by atoms with Crippen LogP contribution in [-0.2, 0) is 42.2 Å². The molecule has 0 aliphatic heterocycles. The van der Waals surface area contributed by atoms with E-state index in [0.29, 0.717) is 19.3 Å². The molecular weight excluding hydrogens is 976 g/mol. The van der Waals surface area contributed by atoms with Gasteiger partial charge in [-0.25, -0.2) is 4.57 Å². The maximum Gasteiger partial charge on any atom is 0.472 e. The summed E-state index contributed by atoms with van der Waals surface area (Å²) in [4.78, 5) is 48.6. The minimum atomic E-state index is -4.77. The number of phosphoric acid groups is 1. The van der Waals surface area contributed by atoms with E-state index in [-0.39, 0.29) is 25.9 Å². The van der Waals surface area contributed by atoms with Crippen LogP contribution in [0.4, 0.5) is 0 Å². The number of unbranched alkanes of at least 4 members (excludes halogenated alkanes) is 28. The summed E-state index contributed by atoms with van der Waals surface area (Å²) in [5, 5.41) is 9.81. The van der Waals surface area contributed by atoms with E-state index in [1.165, 1.54) is 141 Å². The molecule has 76 heavy (non-hydrogen) atoms. The van der Waals surface area contributed by atoms with Gasteiger partial charge in [0.15, 0.2) is 6.10 Å². The minimum Gasteiger partial charge on any atom is -0.462 e. The van der Waals surface area contributed by atoms with E-state index in [2.05, 4.69) is 81.5 Å². The van der Waals surface area contributed by atoms with E-state index in [4.69, 9.17) is 23.3 Å². The van der Waals surface area contributed by atoms with Crippen molar-refractivity contribution in [1.29, 1.82) is 0 Å². The van der Waals surface area contributed by atoms with Crippen LogP contribution in [-0.4, -0.2) is 66.5 Å². The standard InChI is InChI=1S/C64H113O11P/c1-4-7-10-13-16-19-22-24-26-28-30-32-34-36-39-41-44-47-50-53-62(66)71-57-61(75-64(68)55-52-49-46-43-40-37-35-33-31-29-27-25-23-20-17-14-11-8-5-2)59-73-76(69,70)72-58-60(56-65)74-63(67)54-51-48-45-42-38-21-18-15-12-9-6-3/h8,11,17,20,25,27,31,33,37,40,46,49,60-61,65H,4-7,9-10,12-16,18-19,21-24,26,28-30,32,34-36,38-39,41-45,47-48,50-59H2,1-3H3,(H,69,70)/b11-8-,20-17-,27-25-,33-31-,40-37-,49-46-. The van der Waals surface area contributed by atoms with Gasteiger partial charge in [0.2, 0.25) is 0 Å². The normalized spacial score (nSPS) is 13.8. The van der Waals surface area contributed by atoms with E-state index in [9.17, 15) is 28.9 Å². The average molecular weight is 1090 g/mol. The van der Waals surface area contributed by atoms with Gasteiger partial charge in [-0.3, -0.25) is 23.4 Å². The third-order valence-electron chi connectivity index (χ3n) is 13.2. The highest BCUT2D eigenvalue weighted by Crippen LogP contribution is 2.43. The summed E-state index contributed by atoms with van der Waals surface area (Å²) in [6.45, 7) is 4.48. The Bertz CT molecular complexity index is 1550. The third kappa shape index (κ3) is 55.7. The van der Waals surface area contributed by atoms with Crippen LogP contribution in [0.15, 0.2) is 72.9 Å². The number of carbonyl (C=O) groups excluding carboxylic acids is 3. The average Bonchev–Trinajstić information content (AvgIpc) is 3.41. The van der Waals surface area contributed by atoms with Crippen molar-refractivity contribution in [2.75, 3.05) is 26.4 Å². The Balaban J connectivity index is 4.78. The summed E-state index contributed by atoms with van der Waals surface area (Å²) in [7, 11) is -4.77. The molecule has 0 aromatic rings. The van der Waals surface area contributed by atoms with Crippen LogP contribution < -0.4 is 0 Å². The lowest BCUT2D eigenvalue weighted by Gasteiger charge is -2.21. The van der Waals surface area contributed by atoms with Crippen molar-refractivity contribution in [2.24, 2.45) is 0 Å². The number of hydrogen-bond acceptors (Lipinski definition) is 10. The van der Waals surface area contributed by atoms with Gasteiger partial charge in [0, 0.05) is 19.3 Å². The molecule has 0 rings (SSSR count). The van der Waals surface area contributed by atoms with Crippen molar-refractivity contribution in [3.63, 3.8) is 0 Å². The van der Waals surface area contributed by atoms with E-state index in [1.54, 1.807) is 0 Å². The van der Waals surface area contributed by atoms with Gasteiger partial charge in [0.05, 0.1) is 19.8 Å². The molecule has 0 heterocycles. The Morgan fingerprint density at radius 1 is 0.382 bits per heavy atom. The van der Waals surface area contributed by atoms with Crippen LogP contribution in [0.1, 0.15) is 278 Å². The zero-order valence-electron chi connectivity index (χ0n) is 48.7. The zero-order chi connectivity index (χ0) is 55.5. The first kappa shape index (κ1) is 72.9. The van der Waals surface area contributed by atoms with Crippen LogP contribution in [0.2, 0.25) is 0 Å². The number of hydrogen-bond donors (Lipinski definition) is 2. The quantitative estimate of drug-likeness (QED) is 0.0197. The summed E-state index contributed by atoms with van der Waals surface area (Å²) in [6, 6.07) is 0. The molecule has 3 unspecified atom stereocenters. The minimum absolute atomic E-state index is 0.0436. The molecule has 0 aromatic carbocycles. The van der Waals surface area contributed by atoms with Crippen LogP contribution in [0, 0.1) is 0 Å². The van der Waals surface area contributed by atoms with Crippen molar-refractivity contribution in [1.82, 2.24) is 0 Å². The van der Waals surface area contributed by atoms with Gasteiger partial charge in [0.1, 0.15) is 12.7 Å². The van der Waals surface area contributed by atoms with E-state index in [1.807, 2.05) is 12.2 Å². The van der Waals surface area contributed by atoms with E-state index < -0.39 is 57.8 Å². The summed E-state index contributed by atoms with van der Waals surface area (Å²) >= 11 is 0. The monoisotopic (exact) mass is 1090 g/mol. The largest absolute Gasteiger partial charge is 0.472 e. The summed E-state index contributed by atoms with van der Waals surface area (Å²) in [5.74, 6) is -1.55. The van der Waals surface area contributed by atoms with Crippen molar-refractivity contribution in [2.45, 2.75) is 290 Å². The molecule has 0 aliphatic carbocycles. The first-order valence-corrected chi connectivity index (χ1v) is 32.3. The predicted molar refractivity (Wildman–Crippen MR) is 316 cm³/mol. The van der Waals surface area contributed by atoms with Crippen molar-refractivity contribution < 1.29 is 52.2 Å². The highest BCUT2D eigenvalue weighted by molar-refractivity contribution is 7.47. The lowest BCUT2D eigenvalue weighted by atomic mass is 10.0. The summed E-state index contributed by atoms with van der Waals surface area (Å²) in [6.07, 6.45) is 66.0. The first-order chi connectivity index (χ1) is 37.2. The number of phosphoric ester groups is 1. The second kappa shape index (κ2) is 58.1. The van der Waals surface area contributed by atoms with E-state index >= 15 is 0 Å². The molecule has 0 aromatic heterocycles. The summed E-state index contributed by atoms with van der Waals surface area (Å²) in [5.41, 5.74) is 0. The molecule has 0 bridgehead atoms. The lowest BCUT2D eigenvalue weighted by Crippen LogP contribution is -2.30. The molecule has 0 spiro atoms. The number of carbonyl (C=O) groups is 3. The fraction of sp³-hybridized carbons (Fsp3) is 0.766. The number of rotatable bonds is 57. The molecule has 0 saturated heterocycles. The van der Waals surface area contributed by atoms with Gasteiger partial charge in [-0.15, -0.1) is 0 Å². The maximum absolute atomic E-state index is 12.9. The second-order valence-electron chi connectivity index (χ2n) is 20.5. The van der Waals surface area contributed by atoms with Crippen LogP contribution >= 0.6 is 7.82 Å². The zero-order valence-corrected chi connectivity index (χ0v) is 49.6. The van der Waals surface area contributed by atoms with Crippen LogP contribution in [0.5, 0.6) is 0 Å². The molecule has 2 N–H and O–H groups in total. The maximum atomic E-state index is 12.9. The Labute approximate surface area is 465 Å². The topological polar surface area (TPSA) is 155 Å². The molecule has 11 nitrogen and oxygen atoms in total. The van der Waals surface area contributed by atoms with Crippen molar-refractivity contribution in [3.8, 4) is 0 Å². The van der Waals surface area contributed by atoms with Crippen molar-refractivity contribution >= 4 is 25.7 Å². The smallest absolute Gasteiger partial charge is 0.462 e. The van der Waals surface area contributed by atoms with Gasteiger partial charge in [-0.1, -0.05) is 273 Å².